The summed E-state index contributed by atoms with van der Waals surface area (Å²) < 4.78 is 35.6. The van der Waals surface area contributed by atoms with Gasteiger partial charge >= 0.3 is 6.09 Å². The van der Waals surface area contributed by atoms with Gasteiger partial charge in [-0.25, -0.2) is 23.5 Å². The fourth-order valence-electron chi connectivity index (χ4n) is 5.45. The normalized spacial score (nSPS) is 20.4. The molecule has 2 aliphatic rings. The summed E-state index contributed by atoms with van der Waals surface area (Å²) in [6.45, 7) is 9.72. The zero-order valence-corrected chi connectivity index (χ0v) is 22.2. The average molecular weight is 529 g/mol. The molecule has 38 heavy (non-hydrogen) atoms. The first-order chi connectivity index (χ1) is 18.1. The maximum absolute atomic E-state index is 14.2. The summed E-state index contributed by atoms with van der Waals surface area (Å²) in [6, 6.07) is 3.22. The van der Waals surface area contributed by atoms with Crippen molar-refractivity contribution >= 4 is 28.6 Å². The van der Waals surface area contributed by atoms with Crippen LogP contribution in [0.4, 0.5) is 25.1 Å². The number of hydrogen-bond donors (Lipinski definition) is 1. The van der Waals surface area contributed by atoms with Crippen LogP contribution in [-0.2, 0) is 4.74 Å². The zero-order chi connectivity index (χ0) is 27.2. The molecule has 9 nitrogen and oxygen atoms in total. The lowest BCUT2D eigenvalue weighted by atomic mass is 10.1. The number of hydrogen-bond acceptors (Lipinski definition) is 7. The van der Waals surface area contributed by atoms with Gasteiger partial charge in [-0.1, -0.05) is 0 Å². The third kappa shape index (κ3) is 4.99. The Hall–Kier alpha value is -3.47. The van der Waals surface area contributed by atoms with Crippen LogP contribution in [0.15, 0.2) is 30.7 Å². The van der Waals surface area contributed by atoms with Gasteiger partial charge < -0.3 is 24.5 Å². The molecule has 0 radical (unpaired) electrons. The Kier molecular flexibility index (Phi) is 6.89. The molecule has 1 aromatic carbocycles. The van der Waals surface area contributed by atoms with Gasteiger partial charge in [0.05, 0.1) is 29.4 Å². The van der Waals surface area contributed by atoms with Crippen molar-refractivity contribution in [2.24, 2.45) is 0 Å². The summed E-state index contributed by atoms with van der Waals surface area (Å²) in [5.74, 6) is -0.682. The molecular formula is C27H34F2N6O3. The monoisotopic (exact) mass is 528 g/mol. The number of amides is 1. The molecule has 1 amide bonds. The Morgan fingerprint density at radius 1 is 1.11 bits per heavy atom. The molecule has 2 fully saturated rings. The Morgan fingerprint density at radius 3 is 2.50 bits per heavy atom. The molecule has 0 aliphatic carbocycles. The first kappa shape index (κ1) is 26.1. The highest BCUT2D eigenvalue weighted by molar-refractivity contribution is 6.01. The van der Waals surface area contributed by atoms with Gasteiger partial charge in [0.2, 0.25) is 0 Å². The van der Waals surface area contributed by atoms with Gasteiger partial charge in [-0.15, -0.1) is 0 Å². The molecular weight excluding hydrogens is 494 g/mol. The highest BCUT2D eigenvalue weighted by Crippen LogP contribution is 2.40. The molecule has 1 N–H and O–H groups in total. The van der Waals surface area contributed by atoms with E-state index >= 15 is 0 Å². The van der Waals surface area contributed by atoms with E-state index in [1.807, 2.05) is 33.9 Å². The predicted molar refractivity (Wildman–Crippen MR) is 141 cm³/mol. The second kappa shape index (κ2) is 10.0. The van der Waals surface area contributed by atoms with Crippen LogP contribution in [0.1, 0.15) is 40.5 Å². The quantitative estimate of drug-likeness (QED) is 0.546. The Bertz CT molecular complexity index is 1320. The number of rotatable bonds is 4. The number of aromatic nitrogens is 3. The summed E-state index contributed by atoms with van der Waals surface area (Å²) in [5.41, 5.74) is 1.05. The van der Waals surface area contributed by atoms with Crippen LogP contribution < -0.4 is 9.80 Å². The molecule has 204 valence electrons. The summed E-state index contributed by atoms with van der Waals surface area (Å²) in [4.78, 5) is 27.9. The van der Waals surface area contributed by atoms with Crippen molar-refractivity contribution in [3.8, 4) is 5.69 Å². The highest BCUT2D eigenvalue weighted by Gasteiger charge is 2.34. The predicted octanol–water partition coefficient (Wildman–Crippen LogP) is 4.11. The van der Waals surface area contributed by atoms with E-state index in [0.717, 1.165) is 36.5 Å². The Labute approximate surface area is 220 Å². The minimum absolute atomic E-state index is 0.00471. The number of benzene rings is 1. The van der Waals surface area contributed by atoms with Crippen LogP contribution in [-0.4, -0.2) is 81.1 Å². The zero-order valence-electron chi connectivity index (χ0n) is 22.2. The minimum atomic E-state index is -0.682. The van der Waals surface area contributed by atoms with Gasteiger partial charge in [0.25, 0.3) is 0 Å². The van der Waals surface area contributed by atoms with E-state index in [1.165, 1.54) is 18.5 Å². The minimum Gasteiger partial charge on any atom is -0.444 e. The second-order valence-corrected chi connectivity index (χ2v) is 11.0. The van der Waals surface area contributed by atoms with E-state index in [-0.39, 0.29) is 24.8 Å². The fraction of sp³-hybridized carbons (Fsp3) is 0.519. The molecule has 4 heterocycles. The average Bonchev–Trinajstić information content (AvgIpc) is 3.46. The number of fused-ring (bicyclic) bond motifs is 1. The molecule has 0 bridgehead atoms. The van der Waals surface area contributed by atoms with Gasteiger partial charge in [0.1, 0.15) is 29.4 Å². The van der Waals surface area contributed by atoms with Crippen molar-refractivity contribution in [3.05, 3.63) is 42.4 Å². The third-order valence-corrected chi connectivity index (χ3v) is 7.12. The van der Waals surface area contributed by atoms with Gasteiger partial charge in [0, 0.05) is 44.5 Å². The molecule has 2 aliphatic heterocycles. The van der Waals surface area contributed by atoms with Crippen LogP contribution in [0, 0.1) is 11.6 Å². The molecule has 0 spiro atoms. The molecule has 2 aromatic heterocycles. The summed E-state index contributed by atoms with van der Waals surface area (Å²) >= 11 is 0. The van der Waals surface area contributed by atoms with Crippen molar-refractivity contribution < 1.29 is 23.4 Å². The standard InChI is InChI=1S/C27H34F2N6O3/c1-17-13-32(26(37)38-27(2,3)4)8-9-33(17)24-23-22(34-7-5-6-20(34)15-36)14-35(25(23)31-16-30-24)21-11-18(28)10-19(29)12-21/h10-12,14,16-17,20,36H,5-9,13,15H2,1-4H3/t17-,20+/m0/s1. The van der Waals surface area contributed by atoms with Gasteiger partial charge in [-0.3, -0.25) is 4.57 Å². The van der Waals surface area contributed by atoms with Crippen molar-refractivity contribution in [3.63, 3.8) is 0 Å². The number of aliphatic hydroxyl groups is 1. The van der Waals surface area contributed by atoms with Gasteiger partial charge in [-0.05, 0) is 52.7 Å². The number of anilines is 2. The number of carbonyl (C=O) groups excluding carboxylic acids is 1. The number of halogens is 2. The van der Waals surface area contributed by atoms with Gasteiger partial charge in [-0.2, -0.15) is 0 Å². The maximum Gasteiger partial charge on any atom is 0.410 e. The Balaban J connectivity index is 1.58. The van der Waals surface area contributed by atoms with Crippen LogP contribution in [0.2, 0.25) is 0 Å². The van der Waals surface area contributed by atoms with Crippen molar-refractivity contribution in [1.29, 1.82) is 0 Å². The largest absolute Gasteiger partial charge is 0.444 e. The maximum atomic E-state index is 14.2. The van der Waals surface area contributed by atoms with E-state index in [0.29, 0.717) is 36.8 Å². The number of nitrogens with zero attached hydrogens (tertiary/aromatic N) is 6. The topological polar surface area (TPSA) is 87.0 Å². The van der Waals surface area contributed by atoms with E-state index < -0.39 is 17.2 Å². The molecule has 3 aromatic rings. The summed E-state index contributed by atoms with van der Waals surface area (Å²) in [5, 5.41) is 10.8. The number of carbonyl (C=O) groups is 1. The fourth-order valence-corrected chi connectivity index (χ4v) is 5.45. The lowest BCUT2D eigenvalue weighted by Crippen LogP contribution is -2.55. The van der Waals surface area contributed by atoms with Crippen molar-refractivity contribution in [2.45, 2.75) is 58.2 Å². The molecule has 2 atom stereocenters. The summed E-state index contributed by atoms with van der Waals surface area (Å²) in [6.07, 6.45) is 4.69. The van der Waals surface area contributed by atoms with Crippen molar-refractivity contribution in [2.75, 3.05) is 42.6 Å². The number of piperazine rings is 1. The smallest absolute Gasteiger partial charge is 0.410 e. The lowest BCUT2D eigenvalue weighted by Gasteiger charge is -2.41. The highest BCUT2D eigenvalue weighted by atomic mass is 19.1. The first-order valence-electron chi connectivity index (χ1n) is 13.0. The molecule has 0 unspecified atom stereocenters. The van der Waals surface area contributed by atoms with Crippen LogP contribution in [0.25, 0.3) is 16.7 Å². The van der Waals surface area contributed by atoms with E-state index in [1.54, 1.807) is 9.47 Å². The molecule has 0 saturated carbocycles. The van der Waals surface area contributed by atoms with Crippen LogP contribution in [0.5, 0.6) is 0 Å². The number of aliphatic hydroxyl groups excluding tert-OH is 1. The number of ether oxygens (including phenoxy) is 1. The summed E-state index contributed by atoms with van der Waals surface area (Å²) in [7, 11) is 0. The van der Waals surface area contributed by atoms with Crippen LogP contribution >= 0.6 is 0 Å². The van der Waals surface area contributed by atoms with E-state index in [4.69, 9.17) is 4.74 Å². The third-order valence-electron chi connectivity index (χ3n) is 7.12. The van der Waals surface area contributed by atoms with Crippen molar-refractivity contribution in [1.82, 2.24) is 19.4 Å². The van der Waals surface area contributed by atoms with Gasteiger partial charge in [0.15, 0.2) is 5.65 Å². The van der Waals surface area contributed by atoms with E-state index in [2.05, 4.69) is 19.8 Å². The second-order valence-electron chi connectivity index (χ2n) is 11.0. The molecule has 11 heteroatoms. The molecule has 5 rings (SSSR count). The lowest BCUT2D eigenvalue weighted by molar-refractivity contribution is 0.0218. The SMILES string of the molecule is C[C@H]1CN(C(=O)OC(C)(C)C)CCN1c1ncnc2c1c(N1CCC[C@@H]1CO)cn2-c1cc(F)cc(F)c1. The Morgan fingerprint density at radius 2 is 1.84 bits per heavy atom. The molecule has 2 saturated heterocycles. The van der Waals surface area contributed by atoms with E-state index in [9.17, 15) is 18.7 Å². The first-order valence-corrected chi connectivity index (χ1v) is 13.0. The van der Waals surface area contributed by atoms with Crippen LogP contribution in [0.3, 0.4) is 0 Å².